The van der Waals surface area contributed by atoms with Crippen LogP contribution in [0.2, 0.25) is 0 Å². The minimum atomic E-state index is 0.138. The summed E-state index contributed by atoms with van der Waals surface area (Å²) in [6.45, 7) is 4.31. The van der Waals surface area contributed by atoms with Crippen molar-refractivity contribution in [3.63, 3.8) is 0 Å². The highest BCUT2D eigenvalue weighted by Crippen LogP contribution is 2.24. The third kappa shape index (κ3) is 5.05. The third-order valence-electron chi connectivity index (χ3n) is 5.57. The molecule has 3 N–H and O–H groups in total. The first-order valence-electron chi connectivity index (χ1n) is 11.6. The molecule has 9 heteroatoms. The normalized spacial score (nSPS) is 11.8. The molecule has 0 aliphatic heterocycles. The lowest BCUT2D eigenvalue weighted by Gasteiger charge is -2.05. The summed E-state index contributed by atoms with van der Waals surface area (Å²) < 4.78 is 12.8. The number of aliphatic imine (C=N–C) groups is 1. The van der Waals surface area contributed by atoms with Crippen LogP contribution in [-0.2, 0) is 6.61 Å². The van der Waals surface area contributed by atoms with Gasteiger partial charge in [0, 0.05) is 17.2 Å². The number of H-pyrrole nitrogens is 1. The zero-order valence-electron chi connectivity index (χ0n) is 20.3. The SMILES string of the molecule is COc1ccc(-n2cc(COc3ccc(-c4nc5ccc(C(N)=NC(C)C)cc5[nH]4)cc3)nn2)cc1. The standard InChI is InChI=1S/C27H27N7O2/c1-17(2)29-26(28)19-6-13-24-25(14-19)31-27(30-24)18-4-9-23(10-5-18)36-16-20-15-34(33-32-20)21-7-11-22(35-3)12-8-21/h4-15,17H,16H2,1-3H3,(H2,28,29)(H,30,31). The van der Waals surface area contributed by atoms with Gasteiger partial charge in [0.1, 0.15) is 35.5 Å². The maximum Gasteiger partial charge on any atom is 0.138 e. The molecular formula is C27H27N7O2. The van der Waals surface area contributed by atoms with Gasteiger partial charge in [0.15, 0.2) is 0 Å². The lowest BCUT2D eigenvalue weighted by atomic mass is 10.2. The summed E-state index contributed by atoms with van der Waals surface area (Å²) in [5.41, 5.74) is 11.3. The van der Waals surface area contributed by atoms with E-state index in [2.05, 4.69) is 20.3 Å². The Morgan fingerprint density at radius 1 is 1.03 bits per heavy atom. The molecule has 0 atom stereocenters. The number of hydrogen-bond acceptors (Lipinski definition) is 6. The molecule has 0 fully saturated rings. The maximum absolute atomic E-state index is 6.12. The highest BCUT2D eigenvalue weighted by atomic mass is 16.5. The Morgan fingerprint density at radius 3 is 2.50 bits per heavy atom. The number of rotatable bonds is 8. The minimum absolute atomic E-state index is 0.138. The fourth-order valence-corrected chi connectivity index (χ4v) is 3.75. The number of nitrogens with one attached hydrogen (secondary N) is 1. The number of aromatic amines is 1. The number of benzene rings is 3. The van der Waals surface area contributed by atoms with Crippen LogP contribution >= 0.6 is 0 Å². The van der Waals surface area contributed by atoms with Crippen molar-refractivity contribution in [2.24, 2.45) is 10.7 Å². The summed E-state index contributed by atoms with van der Waals surface area (Å²) in [6.07, 6.45) is 1.84. The first-order chi connectivity index (χ1) is 17.5. The second kappa shape index (κ2) is 9.91. The van der Waals surface area contributed by atoms with Gasteiger partial charge in [-0.1, -0.05) is 5.21 Å². The second-order valence-corrected chi connectivity index (χ2v) is 8.59. The molecule has 2 heterocycles. The van der Waals surface area contributed by atoms with Crippen LogP contribution < -0.4 is 15.2 Å². The number of hydrogen-bond donors (Lipinski definition) is 2. The predicted molar refractivity (Wildman–Crippen MR) is 140 cm³/mol. The Kier molecular flexibility index (Phi) is 6.36. The molecule has 5 rings (SSSR count). The van der Waals surface area contributed by atoms with Crippen LogP contribution in [0.3, 0.4) is 0 Å². The Bertz CT molecular complexity index is 1500. The molecule has 36 heavy (non-hydrogen) atoms. The maximum atomic E-state index is 6.12. The van der Waals surface area contributed by atoms with E-state index < -0.39 is 0 Å². The number of amidine groups is 1. The van der Waals surface area contributed by atoms with Gasteiger partial charge in [0.05, 0.1) is 30.0 Å². The van der Waals surface area contributed by atoms with Gasteiger partial charge >= 0.3 is 0 Å². The molecular weight excluding hydrogens is 454 g/mol. The van der Waals surface area contributed by atoms with E-state index in [4.69, 9.17) is 20.2 Å². The topological polar surface area (TPSA) is 116 Å². The number of imidazole rings is 1. The number of fused-ring (bicyclic) bond motifs is 1. The van der Waals surface area contributed by atoms with Crippen molar-refractivity contribution in [1.29, 1.82) is 0 Å². The Hall–Kier alpha value is -4.66. The van der Waals surface area contributed by atoms with Crippen LogP contribution in [0.4, 0.5) is 0 Å². The quantitative estimate of drug-likeness (QED) is 0.249. The average molecular weight is 482 g/mol. The average Bonchev–Trinajstić information content (AvgIpc) is 3.54. The fourth-order valence-electron chi connectivity index (χ4n) is 3.75. The van der Waals surface area contributed by atoms with Gasteiger partial charge < -0.3 is 20.2 Å². The minimum Gasteiger partial charge on any atom is -0.497 e. The number of nitrogens with two attached hydrogens (primary N) is 1. The van der Waals surface area contributed by atoms with Gasteiger partial charge in [0.2, 0.25) is 0 Å². The highest BCUT2D eigenvalue weighted by Gasteiger charge is 2.09. The number of nitrogens with zero attached hydrogens (tertiary/aromatic N) is 5. The summed E-state index contributed by atoms with van der Waals surface area (Å²) in [6, 6.07) is 21.4. The van der Waals surface area contributed by atoms with Crippen molar-refractivity contribution in [3.8, 4) is 28.6 Å². The van der Waals surface area contributed by atoms with E-state index in [1.807, 2.05) is 86.8 Å². The summed E-state index contributed by atoms with van der Waals surface area (Å²) in [7, 11) is 1.64. The summed E-state index contributed by atoms with van der Waals surface area (Å²) in [5.74, 6) is 2.82. The van der Waals surface area contributed by atoms with Crippen LogP contribution in [0.5, 0.6) is 11.5 Å². The number of aromatic nitrogens is 5. The van der Waals surface area contributed by atoms with E-state index in [-0.39, 0.29) is 6.04 Å². The fraction of sp³-hybridized carbons (Fsp3) is 0.185. The molecule has 0 aliphatic rings. The molecule has 0 amide bonds. The summed E-state index contributed by atoms with van der Waals surface area (Å²) in [4.78, 5) is 12.5. The Morgan fingerprint density at radius 2 is 1.78 bits per heavy atom. The zero-order chi connectivity index (χ0) is 25.1. The predicted octanol–water partition coefficient (Wildman–Crippen LogP) is 4.51. The largest absolute Gasteiger partial charge is 0.497 e. The molecule has 182 valence electrons. The van der Waals surface area contributed by atoms with Crippen LogP contribution in [0.1, 0.15) is 25.1 Å². The monoisotopic (exact) mass is 481 g/mol. The van der Waals surface area contributed by atoms with Gasteiger partial charge in [-0.2, -0.15) is 0 Å². The summed E-state index contributed by atoms with van der Waals surface area (Å²) in [5, 5.41) is 8.38. The van der Waals surface area contributed by atoms with Gasteiger partial charge in [-0.05, 0) is 80.6 Å². The van der Waals surface area contributed by atoms with Crippen LogP contribution in [0, 0.1) is 0 Å². The molecule has 0 aliphatic carbocycles. The van der Waals surface area contributed by atoms with Crippen molar-refractivity contribution in [3.05, 3.63) is 84.2 Å². The number of ether oxygens (including phenoxy) is 2. The van der Waals surface area contributed by atoms with Gasteiger partial charge in [0.25, 0.3) is 0 Å². The van der Waals surface area contributed by atoms with Crippen LogP contribution in [0.15, 0.2) is 77.9 Å². The molecule has 0 saturated carbocycles. The van der Waals surface area contributed by atoms with Crippen LogP contribution in [-0.4, -0.2) is 43.9 Å². The molecule has 0 unspecified atom stereocenters. The van der Waals surface area contributed by atoms with Crippen molar-refractivity contribution in [2.75, 3.05) is 7.11 Å². The highest BCUT2D eigenvalue weighted by molar-refractivity contribution is 6.00. The van der Waals surface area contributed by atoms with Gasteiger partial charge in [-0.3, -0.25) is 4.99 Å². The Labute approximate surface area is 208 Å². The van der Waals surface area contributed by atoms with Gasteiger partial charge in [-0.15, -0.1) is 5.10 Å². The molecule has 0 radical (unpaired) electrons. The van der Waals surface area contributed by atoms with E-state index in [1.54, 1.807) is 11.8 Å². The third-order valence-corrected chi connectivity index (χ3v) is 5.57. The molecule has 5 aromatic rings. The summed E-state index contributed by atoms with van der Waals surface area (Å²) >= 11 is 0. The molecule has 9 nitrogen and oxygen atoms in total. The molecule has 0 spiro atoms. The van der Waals surface area contributed by atoms with Crippen molar-refractivity contribution in [2.45, 2.75) is 26.5 Å². The lowest BCUT2D eigenvalue weighted by Crippen LogP contribution is -2.15. The van der Waals surface area contributed by atoms with Crippen molar-refractivity contribution >= 4 is 16.9 Å². The first kappa shape index (κ1) is 23.1. The van der Waals surface area contributed by atoms with Crippen molar-refractivity contribution in [1.82, 2.24) is 25.0 Å². The lowest BCUT2D eigenvalue weighted by molar-refractivity contribution is 0.301. The Balaban J connectivity index is 1.25. The van der Waals surface area contributed by atoms with Crippen LogP contribution in [0.25, 0.3) is 28.1 Å². The number of methoxy groups -OCH3 is 1. The van der Waals surface area contributed by atoms with E-state index in [1.165, 1.54) is 0 Å². The molecule has 0 saturated heterocycles. The van der Waals surface area contributed by atoms with Crippen molar-refractivity contribution < 1.29 is 9.47 Å². The smallest absolute Gasteiger partial charge is 0.138 e. The molecule has 2 aromatic heterocycles. The van der Waals surface area contributed by atoms with Gasteiger partial charge in [-0.25, -0.2) is 9.67 Å². The van der Waals surface area contributed by atoms with E-state index in [0.29, 0.717) is 12.4 Å². The van der Waals surface area contributed by atoms with E-state index >= 15 is 0 Å². The first-order valence-corrected chi connectivity index (χ1v) is 11.6. The van der Waals surface area contributed by atoms with E-state index in [0.717, 1.165) is 50.9 Å². The molecule has 3 aromatic carbocycles. The molecule has 0 bridgehead atoms. The van der Waals surface area contributed by atoms with E-state index in [9.17, 15) is 0 Å². The second-order valence-electron chi connectivity index (χ2n) is 8.59. The zero-order valence-corrected chi connectivity index (χ0v) is 20.3.